The van der Waals surface area contributed by atoms with Crippen molar-refractivity contribution < 1.29 is 4.79 Å². The van der Waals surface area contributed by atoms with E-state index in [9.17, 15) is 4.79 Å². The van der Waals surface area contributed by atoms with Crippen molar-refractivity contribution in [3.8, 4) is 0 Å². The van der Waals surface area contributed by atoms with E-state index in [4.69, 9.17) is 0 Å². The summed E-state index contributed by atoms with van der Waals surface area (Å²) in [5.74, 6) is 0.944. The van der Waals surface area contributed by atoms with Crippen LogP contribution in [0.25, 0.3) is 0 Å². The molecule has 0 radical (unpaired) electrons. The van der Waals surface area contributed by atoms with Gasteiger partial charge in [0, 0.05) is 6.04 Å². The van der Waals surface area contributed by atoms with Crippen LogP contribution < -0.4 is 10.6 Å². The predicted molar refractivity (Wildman–Crippen MR) is 57.1 cm³/mol. The standard InChI is InChI=1S/C10H19N3O/c1-5-7(4)8-9(14)13-10(12-8)11-6(2)3/h6-8H,5H2,1-4H3,(H2,11,12,13,14). The highest BCUT2D eigenvalue weighted by Crippen LogP contribution is 2.14. The quantitative estimate of drug-likeness (QED) is 0.706. The van der Waals surface area contributed by atoms with Crippen LogP contribution in [-0.4, -0.2) is 24.0 Å². The molecule has 1 rings (SSSR count). The number of carbonyl (C=O) groups excluding carboxylic acids is 1. The minimum absolute atomic E-state index is 0.0162. The molecule has 0 aromatic rings. The lowest BCUT2D eigenvalue weighted by atomic mass is 10.00. The van der Waals surface area contributed by atoms with Crippen LogP contribution in [0.4, 0.5) is 0 Å². The average molecular weight is 197 g/mol. The van der Waals surface area contributed by atoms with Gasteiger partial charge in [0.05, 0.1) is 0 Å². The first-order valence-corrected chi connectivity index (χ1v) is 5.19. The first-order chi connectivity index (χ1) is 6.54. The Morgan fingerprint density at radius 2 is 2.14 bits per heavy atom. The molecule has 4 heteroatoms. The summed E-state index contributed by atoms with van der Waals surface area (Å²) in [4.78, 5) is 15.8. The number of guanidine groups is 1. The van der Waals surface area contributed by atoms with Crippen LogP contribution in [0.2, 0.25) is 0 Å². The van der Waals surface area contributed by atoms with Crippen molar-refractivity contribution in [2.45, 2.75) is 46.2 Å². The van der Waals surface area contributed by atoms with Gasteiger partial charge in [0.2, 0.25) is 0 Å². The van der Waals surface area contributed by atoms with Crippen molar-refractivity contribution in [2.24, 2.45) is 10.9 Å². The first-order valence-electron chi connectivity index (χ1n) is 5.19. The summed E-state index contributed by atoms with van der Waals surface area (Å²) in [5.41, 5.74) is 0. The number of nitrogens with zero attached hydrogens (tertiary/aromatic N) is 1. The van der Waals surface area contributed by atoms with Crippen molar-refractivity contribution in [2.75, 3.05) is 0 Å². The van der Waals surface area contributed by atoms with E-state index < -0.39 is 0 Å². The Bertz CT molecular complexity index is 248. The normalized spacial score (nSPS) is 23.4. The van der Waals surface area contributed by atoms with Crippen LogP contribution in [0.1, 0.15) is 34.1 Å². The van der Waals surface area contributed by atoms with Gasteiger partial charge in [-0.25, -0.2) is 4.99 Å². The van der Waals surface area contributed by atoms with Gasteiger partial charge in [0.25, 0.3) is 5.91 Å². The monoisotopic (exact) mass is 197 g/mol. The van der Waals surface area contributed by atoms with Crippen molar-refractivity contribution in [3.05, 3.63) is 0 Å². The molecule has 2 N–H and O–H groups in total. The third-order valence-corrected chi connectivity index (χ3v) is 2.39. The number of nitrogens with one attached hydrogen (secondary N) is 2. The molecule has 0 aliphatic carbocycles. The van der Waals surface area contributed by atoms with E-state index >= 15 is 0 Å². The van der Waals surface area contributed by atoms with Gasteiger partial charge in [-0.2, -0.15) is 0 Å². The van der Waals surface area contributed by atoms with Crippen molar-refractivity contribution >= 4 is 11.9 Å². The van der Waals surface area contributed by atoms with Gasteiger partial charge in [-0.05, 0) is 19.8 Å². The number of hydrogen-bond donors (Lipinski definition) is 2. The molecule has 0 aromatic carbocycles. The van der Waals surface area contributed by atoms with Crippen molar-refractivity contribution in [3.63, 3.8) is 0 Å². The molecule has 1 aliphatic heterocycles. The Morgan fingerprint density at radius 1 is 1.50 bits per heavy atom. The molecule has 2 unspecified atom stereocenters. The molecule has 0 aromatic heterocycles. The van der Waals surface area contributed by atoms with Gasteiger partial charge in [0.15, 0.2) is 5.96 Å². The number of carbonyl (C=O) groups is 1. The SMILES string of the molecule is CCC(C)C1N=C(NC(C)C)NC1=O. The van der Waals surface area contributed by atoms with Crippen LogP contribution in [0, 0.1) is 5.92 Å². The highest BCUT2D eigenvalue weighted by Gasteiger charge is 2.30. The fourth-order valence-electron chi connectivity index (χ4n) is 1.38. The second kappa shape index (κ2) is 4.44. The van der Waals surface area contributed by atoms with Crippen LogP contribution >= 0.6 is 0 Å². The van der Waals surface area contributed by atoms with Crippen LogP contribution in [0.5, 0.6) is 0 Å². The van der Waals surface area contributed by atoms with Crippen molar-refractivity contribution in [1.82, 2.24) is 10.6 Å². The highest BCUT2D eigenvalue weighted by molar-refractivity contribution is 6.05. The molecule has 1 heterocycles. The fourth-order valence-corrected chi connectivity index (χ4v) is 1.38. The zero-order valence-electron chi connectivity index (χ0n) is 9.29. The maximum absolute atomic E-state index is 11.5. The minimum atomic E-state index is -0.207. The van der Waals surface area contributed by atoms with Crippen LogP contribution in [0.3, 0.4) is 0 Å². The van der Waals surface area contributed by atoms with Crippen molar-refractivity contribution in [1.29, 1.82) is 0 Å². The predicted octanol–water partition coefficient (Wildman–Crippen LogP) is 0.885. The Hall–Kier alpha value is -1.06. The van der Waals surface area contributed by atoms with E-state index in [0.29, 0.717) is 17.9 Å². The maximum atomic E-state index is 11.5. The molecule has 80 valence electrons. The lowest BCUT2D eigenvalue weighted by molar-refractivity contribution is -0.121. The topological polar surface area (TPSA) is 53.5 Å². The van der Waals surface area contributed by atoms with Crippen LogP contribution in [0.15, 0.2) is 4.99 Å². The smallest absolute Gasteiger partial charge is 0.251 e. The number of amides is 1. The Kier molecular flexibility index (Phi) is 3.49. The number of rotatable bonds is 3. The van der Waals surface area contributed by atoms with E-state index in [1.807, 2.05) is 20.8 Å². The second-order valence-electron chi connectivity index (χ2n) is 4.10. The summed E-state index contributed by atoms with van der Waals surface area (Å²) in [7, 11) is 0. The van der Waals surface area contributed by atoms with E-state index in [1.165, 1.54) is 0 Å². The molecular formula is C10H19N3O. The lowest BCUT2D eigenvalue weighted by Crippen LogP contribution is -2.41. The summed E-state index contributed by atoms with van der Waals surface area (Å²) >= 11 is 0. The van der Waals surface area contributed by atoms with E-state index in [2.05, 4.69) is 22.5 Å². The molecule has 0 spiro atoms. The zero-order valence-corrected chi connectivity index (χ0v) is 9.29. The second-order valence-corrected chi connectivity index (χ2v) is 4.10. The highest BCUT2D eigenvalue weighted by atomic mass is 16.2. The molecule has 2 atom stereocenters. The molecular weight excluding hydrogens is 178 g/mol. The molecule has 0 fully saturated rings. The molecule has 14 heavy (non-hydrogen) atoms. The summed E-state index contributed by atoms with van der Waals surface area (Å²) < 4.78 is 0. The molecule has 4 nitrogen and oxygen atoms in total. The number of hydrogen-bond acceptors (Lipinski definition) is 3. The Labute approximate surface area is 85.2 Å². The van der Waals surface area contributed by atoms with E-state index in [-0.39, 0.29) is 11.9 Å². The van der Waals surface area contributed by atoms with Gasteiger partial charge < -0.3 is 5.32 Å². The average Bonchev–Trinajstić information content (AvgIpc) is 2.44. The fraction of sp³-hybridized carbons (Fsp3) is 0.800. The lowest BCUT2D eigenvalue weighted by Gasteiger charge is -2.10. The largest absolute Gasteiger partial charge is 0.354 e. The molecule has 1 aliphatic rings. The molecule has 0 saturated carbocycles. The summed E-state index contributed by atoms with van der Waals surface area (Å²) in [6.45, 7) is 8.16. The van der Waals surface area contributed by atoms with Gasteiger partial charge in [-0.1, -0.05) is 20.3 Å². The summed E-state index contributed by atoms with van der Waals surface area (Å²) in [6.07, 6.45) is 0.969. The minimum Gasteiger partial charge on any atom is -0.354 e. The summed E-state index contributed by atoms with van der Waals surface area (Å²) in [5, 5.41) is 5.85. The van der Waals surface area contributed by atoms with E-state index in [0.717, 1.165) is 6.42 Å². The van der Waals surface area contributed by atoms with Gasteiger partial charge in [-0.15, -0.1) is 0 Å². The molecule has 1 amide bonds. The van der Waals surface area contributed by atoms with Gasteiger partial charge >= 0.3 is 0 Å². The van der Waals surface area contributed by atoms with Gasteiger partial charge in [-0.3, -0.25) is 10.1 Å². The van der Waals surface area contributed by atoms with Gasteiger partial charge in [0.1, 0.15) is 6.04 Å². The zero-order chi connectivity index (χ0) is 10.7. The first kappa shape index (κ1) is 11.0. The maximum Gasteiger partial charge on any atom is 0.251 e. The molecule has 0 bridgehead atoms. The molecule has 0 saturated heterocycles. The Morgan fingerprint density at radius 3 is 2.64 bits per heavy atom. The van der Waals surface area contributed by atoms with E-state index in [1.54, 1.807) is 0 Å². The van der Waals surface area contributed by atoms with Crippen LogP contribution in [-0.2, 0) is 4.79 Å². The third kappa shape index (κ3) is 2.47. The Balaban J connectivity index is 2.62. The number of aliphatic imine (C=N–C) groups is 1. The third-order valence-electron chi connectivity index (χ3n) is 2.39. The summed E-state index contributed by atoms with van der Waals surface area (Å²) in [6, 6.07) is 0.0889.